The molecule has 6 nitrogen and oxygen atoms in total. The molecule has 0 fully saturated rings. The van der Waals surface area contributed by atoms with Crippen LogP contribution in [0.3, 0.4) is 0 Å². The molecule has 0 radical (unpaired) electrons. The quantitative estimate of drug-likeness (QED) is 0.0344. The average Bonchev–Trinajstić information content (AvgIpc) is 3.27. The fourth-order valence-electron chi connectivity index (χ4n) is 8.87. The zero-order chi connectivity index (χ0) is 46.8. The van der Waals surface area contributed by atoms with Gasteiger partial charge in [-0.05, 0) is 31.1 Å². The minimum absolute atomic E-state index is 0.0626. The highest BCUT2D eigenvalue weighted by atomic mass is 16.6. The summed E-state index contributed by atoms with van der Waals surface area (Å²) >= 11 is 0. The fraction of sp³-hybridized carbons (Fsp3) is 0.948. The Balaban J connectivity index is 4.25. The van der Waals surface area contributed by atoms with Crippen LogP contribution in [0, 0.1) is 11.8 Å². The maximum absolute atomic E-state index is 12.8. The molecule has 0 aliphatic rings. The van der Waals surface area contributed by atoms with Crippen LogP contribution >= 0.6 is 0 Å². The summed E-state index contributed by atoms with van der Waals surface area (Å²) in [5, 5.41) is 0. The van der Waals surface area contributed by atoms with E-state index < -0.39 is 6.10 Å². The monoisotopic (exact) mass is 905 g/mol. The van der Waals surface area contributed by atoms with Crippen molar-refractivity contribution in [1.82, 2.24) is 0 Å². The number of hydrogen-bond acceptors (Lipinski definition) is 6. The number of rotatable bonds is 52. The summed E-state index contributed by atoms with van der Waals surface area (Å²) in [6, 6.07) is 0. The smallest absolute Gasteiger partial charge is 0.306 e. The van der Waals surface area contributed by atoms with Crippen LogP contribution in [0.4, 0.5) is 0 Å². The third-order valence-corrected chi connectivity index (χ3v) is 13.2. The van der Waals surface area contributed by atoms with Crippen molar-refractivity contribution in [2.24, 2.45) is 11.8 Å². The second-order valence-electron chi connectivity index (χ2n) is 20.9. The van der Waals surface area contributed by atoms with Crippen molar-refractivity contribution in [3.05, 3.63) is 0 Å². The molecule has 0 rings (SSSR count). The molecule has 0 aliphatic heterocycles. The number of esters is 3. The SMILES string of the molecule is CCCCCCCCCCCCCC(=O)OC[C@H](COC(=O)CCCCCCCCCCCCCCCCCCC(C)C)OC(=O)CCCCCCCCCCCCCCCC(C)C. The van der Waals surface area contributed by atoms with Gasteiger partial charge in [0.25, 0.3) is 0 Å². The molecule has 0 amide bonds. The first-order valence-electron chi connectivity index (χ1n) is 28.7. The second kappa shape index (κ2) is 50.8. The van der Waals surface area contributed by atoms with E-state index >= 15 is 0 Å². The Morgan fingerprint density at radius 3 is 0.766 bits per heavy atom. The van der Waals surface area contributed by atoms with Crippen LogP contribution in [-0.4, -0.2) is 37.2 Å². The maximum atomic E-state index is 12.8. The molecule has 0 aromatic heterocycles. The molecule has 0 saturated heterocycles. The average molecular weight is 906 g/mol. The van der Waals surface area contributed by atoms with Crippen molar-refractivity contribution in [1.29, 1.82) is 0 Å². The largest absolute Gasteiger partial charge is 0.462 e. The highest BCUT2D eigenvalue weighted by Crippen LogP contribution is 2.18. The van der Waals surface area contributed by atoms with Gasteiger partial charge in [-0.2, -0.15) is 0 Å². The third-order valence-electron chi connectivity index (χ3n) is 13.2. The number of unbranched alkanes of at least 4 members (excludes halogenated alkanes) is 37. The van der Waals surface area contributed by atoms with Crippen LogP contribution in [0.2, 0.25) is 0 Å². The molecule has 0 saturated carbocycles. The zero-order valence-electron chi connectivity index (χ0n) is 43.9. The van der Waals surface area contributed by atoms with Crippen LogP contribution in [0.25, 0.3) is 0 Å². The van der Waals surface area contributed by atoms with E-state index in [-0.39, 0.29) is 31.1 Å². The Morgan fingerprint density at radius 1 is 0.297 bits per heavy atom. The Hall–Kier alpha value is -1.59. The fourth-order valence-corrected chi connectivity index (χ4v) is 8.87. The van der Waals surface area contributed by atoms with Gasteiger partial charge in [0.2, 0.25) is 0 Å². The molecule has 0 spiro atoms. The van der Waals surface area contributed by atoms with Crippen LogP contribution in [0.15, 0.2) is 0 Å². The van der Waals surface area contributed by atoms with Crippen LogP contribution in [0.1, 0.15) is 324 Å². The van der Waals surface area contributed by atoms with Gasteiger partial charge in [0.15, 0.2) is 6.10 Å². The van der Waals surface area contributed by atoms with E-state index in [0.29, 0.717) is 19.3 Å². The highest BCUT2D eigenvalue weighted by Gasteiger charge is 2.19. The third kappa shape index (κ3) is 51.4. The molecule has 0 N–H and O–H groups in total. The predicted octanol–water partition coefficient (Wildman–Crippen LogP) is 18.9. The van der Waals surface area contributed by atoms with Gasteiger partial charge in [-0.1, -0.05) is 285 Å². The molecule has 1 atom stereocenters. The van der Waals surface area contributed by atoms with Crippen LogP contribution in [0.5, 0.6) is 0 Å². The van der Waals surface area contributed by atoms with E-state index in [0.717, 1.165) is 69.6 Å². The topological polar surface area (TPSA) is 78.9 Å². The summed E-state index contributed by atoms with van der Waals surface area (Å²) in [6.45, 7) is 11.4. The van der Waals surface area contributed by atoms with Gasteiger partial charge >= 0.3 is 17.9 Å². The van der Waals surface area contributed by atoms with Gasteiger partial charge in [-0.15, -0.1) is 0 Å². The van der Waals surface area contributed by atoms with E-state index in [9.17, 15) is 14.4 Å². The predicted molar refractivity (Wildman–Crippen MR) is 275 cm³/mol. The molecular formula is C58H112O6. The number of hydrogen-bond donors (Lipinski definition) is 0. The lowest BCUT2D eigenvalue weighted by atomic mass is 10.0. The number of carbonyl (C=O) groups excluding carboxylic acids is 3. The van der Waals surface area contributed by atoms with Gasteiger partial charge in [0.1, 0.15) is 13.2 Å². The van der Waals surface area contributed by atoms with E-state index in [1.165, 1.54) is 212 Å². The Kier molecular flexibility index (Phi) is 49.6. The standard InChI is InChI=1S/C58H112O6/c1-6-7-8-9-10-11-21-28-33-38-43-48-56(59)62-51-55(64-58(61)50-45-40-35-30-25-20-16-18-23-27-32-37-42-47-54(4)5)52-63-57(60)49-44-39-34-29-24-19-15-13-12-14-17-22-26-31-36-41-46-53(2)3/h53-55H,6-52H2,1-5H3/t55-/m1/s1. The molecule has 0 bridgehead atoms. The van der Waals surface area contributed by atoms with E-state index in [1.807, 2.05) is 0 Å². The van der Waals surface area contributed by atoms with Crippen molar-refractivity contribution in [3.8, 4) is 0 Å². The first-order chi connectivity index (χ1) is 31.2. The van der Waals surface area contributed by atoms with Gasteiger partial charge in [0, 0.05) is 19.3 Å². The first kappa shape index (κ1) is 62.4. The van der Waals surface area contributed by atoms with Crippen LogP contribution in [-0.2, 0) is 28.6 Å². The summed E-state index contributed by atoms with van der Waals surface area (Å²) in [7, 11) is 0. The van der Waals surface area contributed by atoms with Crippen molar-refractivity contribution in [3.63, 3.8) is 0 Å². The summed E-state index contributed by atoms with van der Waals surface area (Å²) in [5.41, 5.74) is 0. The van der Waals surface area contributed by atoms with Crippen molar-refractivity contribution < 1.29 is 28.6 Å². The van der Waals surface area contributed by atoms with Crippen molar-refractivity contribution in [2.45, 2.75) is 330 Å². The lowest BCUT2D eigenvalue weighted by molar-refractivity contribution is -0.167. The molecule has 0 unspecified atom stereocenters. The summed E-state index contributed by atoms with van der Waals surface area (Å²) < 4.78 is 16.9. The molecule has 0 aliphatic carbocycles. The normalized spacial score (nSPS) is 12.0. The molecule has 64 heavy (non-hydrogen) atoms. The maximum Gasteiger partial charge on any atom is 0.306 e. The van der Waals surface area contributed by atoms with Gasteiger partial charge < -0.3 is 14.2 Å². The zero-order valence-corrected chi connectivity index (χ0v) is 43.9. The van der Waals surface area contributed by atoms with E-state index in [1.54, 1.807) is 0 Å². The Bertz CT molecular complexity index is 978. The second-order valence-corrected chi connectivity index (χ2v) is 20.9. The molecule has 0 aromatic rings. The Labute approximate surface area is 399 Å². The lowest BCUT2D eigenvalue weighted by Crippen LogP contribution is -2.30. The van der Waals surface area contributed by atoms with Crippen molar-refractivity contribution >= 4 is 17.9 Å². The van der Waals surface area contributed by atoms with E-state index in [4.69, 9.17) is 14.2 Å². The van der Waals surface area contributed by atoms with Crippen LogP contribution < -0.4 is 0 Å². The molecule has 6 heteroatoms. The van der Waals surface area contributed by atoms with Crippen molar-refractivity contribution in [2.75, 3.05) is 13.2 Å². The minimum Gasteiger partial charge on any atom is -0.462 e. The number of carbonyl (C=O) groups is 3. The molecular weight excluding hydrogens is 793 g/mol. The molecule has 380 valence electrons. The van der Waals surface area contributed by atoms with Gasteiger partial charge in [-0.25, -0.2) is 0 Å². The van der Waals surface area contributed by atoms with Gasteiger partial charge in [0.05, 0.1) is 0 Å². The lowest BCUT2D eigenvalue weighted by Gasteiger charge is -2.18. The van der Waals surface area contributed by atoms with E-state index in [2.05, 4.69) is 34.6 Å². The summed E-state index contributed by atoms with van der Waals surface area (Å²) in [6.07, 6.45) is 53.8. The van der Waals surface area contributed by atoms with Gasteiger partial charge in [-0.3, -0.25) is 14.4 Å². The Morgan fingerprint density at radius 2 is 0.516 bits per heavy atom. The number of ether oxygens (including phenoxy) is 3. The molecule has 0 heterocycles. The minimum atomic E-state index is -0.762. The molecule has 0 aromatic carbocycles. The highest BCUT2D eigenvalue weighted by molar-refractivity contribution is 5.71. The summed E-state index contributed by atoms with van der Waals surface area (Å²) in [4.78, 5) is 38.1. The summed E-state index contributed by atoms with van der Waals surface area (Å²) in [5.74, 6) is 0.851. The first-order valence-corrected chi connectivity index (χ1v) is 28.7.